The first kappa shape index (κ1) is 24.8. The van der Waals surface area contributed by atoms with Gasteiger partial charge in [0.2, 0.25) is 5.76 Å². The summed E-state index contributed by atoms with van der Waals surface area (Å²) < 4.78 is 38.7. The molecule has 3 N–H and O–H groups in total. The Kier molecular flexibility index (Phi) is 7.48. The monoisotopic (exact) mass is 489 g/mol. The largest absolute Gasteiger partial charge is 0.455 e. The highest BCUT2D eigenvalue weighted by atomic mass is 19.1. The molecule has 1 fully saturated rings. The standard InChI is InChI=1S/C24H29F2N5O4/c1-29(2)6-3-7-30-8-10-31(11-9-30)14-16-4-5-19(34-16)24(33)28-20-17-12-15(25)13-18(26)21(17)35-22(20)23(27)32/h4-5,12-13H,3,6-11,14H2,1-2H3,(H2,27,32)(H,28,33). The zero-order valence-electron chi connectivity index (χ0n) is 19.8. The van der Waals surface area contributed by atoms with Gasteiger partial charge in [-0.25, -0.2) is 8.78 Å². The molecule has 1 aromatic carbocycles. The number of rotatable bonds is 9. The van der Waals surface area contributed by atoms with E-state index in [9.17, 15) is 18.4 Å². The van der Waals surface area contributed by atoms with Crippen LogP contribution in [0.4, 0.5) is 14.5 Å². The summed E-state index contributed by atoms with van der Waals surface area (Å²) in [4.78, 5) is 31.4. The normalized spacial score (nSPS) is 15.2. The Morgan fingerprint density at radius 3 is 2.49 bits per heavy atom. The van der Waals surface area contributed by atoms with Crippen molar-refractivity contribution >= 4 is 28.5 Å². The Morgan fingerprint density at radius 2 is 1.80 bits per heavy atom. The van der Waals surface area contributed by atoms with Gasteiger partial charge in [-0.1, -0.05) is 0 Å². The van der Waals surface area contributed by atoms with E-state index in [-0.39, 0.29) is 22.4 Å². The number of benzene rings is 1. The number of primary amides is 1. The predicted molar refractivity (Wildman–Crippen MR) is 126 cm³/mol. The number of hydrogen-bond acceptors (Lipinski definition) is 7. The number of nitrogens with zero attached hydrogens (tertiary/aromatic N) is 3. The van der Waals surface area contributed by atoms with Gasteiger partial charge in [0.1, 0.15) is 17.3 Å². The van der Waals surface area contributed by atoms with Gasteiger partial charge in [0.05, 0.1) is 11.9 Å². The van der Waals surface area contributed by atoms with E-state index in [2.05, 4.69) is 34.1 Å². The summed E-state index contributed by atoms with van der Waals surface area (Å²) >= 11 is 0. The van der Waals surface area contributed by atoms with Crippen LogP contribution in [0, 0.1) is 11.6 Å². The topological polar surface area (TPSA) is 108 Å². The Bertz CT molecular complexity index is 1210. The molecular weight excluding hydrogens is 460 g/mol. The predicted octanol–water partition coefficient (Wildman–Crippen LogP) is 2.72. The second-order valence-electron chi connectivity index (χ2n) is 8.93. The fraction of sp³-hybridized carbons (Fsp3) is 0.417. The van der Waals surface area contributed by atoms with Crippen LogP contribution in [0.3, 0.4) is 0 Å². The minimum Gasteiger partial charge on any atom is -0.455 e. The van der Waals surface area contributed by atoms with E-state index in [1.807, 2.05) is 0 Å². The van der Waals surface area contributed by atoms with Crippen molar-refractivity contribution < 1.29 is 27.2 Å². The highest BCUT2D eigenvalue weighted by Gasteiger charge is 2.25. The van der Waals surface area contributed by atoms with Gasteiger partial charge in [0.15, 0.2) is 17.2 Å². The number of piperazine rings is 1. The molecule has 0 aliphatic carbocycles. The molecule has 2 aromatic heterocycles. The molecule has 0 atom stereocenters. The number of halogens is 2. The number of nitrogens with two attached hydrogens (primary N) is 1. The molecule has 2 amide bonds. The minimum atomic E-state index is -1.03. The SMILES string of the molecule is CN(C)CCCN1CCN(Cc2ccc(C(=O)Nc3c(C(N)=O)oc4c(F)cc(F)cc34)o2)CC1. The van der Waals surface area contributed by atoms with Crippen LogP contribution >= 0.6 is 0 Å². The number of fused-ring (bicyclic) bond motifs is 1. The number of anilines is 1. The molecule has 1 saturated heterocycles. The molecule has 35 heavy (non-hydrogen) atoms. The van der Waals surface area contributed by atoms with Gasteiger partial charge in [-0.2, -0.15) is 0 Å². The Balaban J connectivity index is 1.39. The van der Waals surface area contributed by atoms with Crippen LogP contribution in [-0.4, -0.2) is 79.9 Å². The Hall–Kier alpha value is -3.28. The quantitative estimate of drug-likeness (QED) is 0.476. The number of nitrogens with one attached hydrogen (secondary N) is 1. The third-order valence-electron chi connectivity index (χ3n) is 5.98. The van der Waals surface area contributed by atoms with E-state index in [0.29, 0.717) is 18.4 Å². The number of furan rings is 2. The first-order valence-corrected chi connectivity index (χ1v) is 11.4. The average molecular weight is 490 g/mol. The lowest BCUT2D eigenvalue weighted by Crippen LogP contribution is -2.46. The molecule has 3 aromatic rings. The second-order valence-corrected chi connectivity index (χ2v) is 8.93. The van der Waals surface area contributed by atoms with Crippen LogP contribution in [0.2, 0.25) is 0 Å². The zero-order valence-corrected chi connectivity index (χ0v) is 19.8. The molecule has 188 valence electrons. The lowest BCUT2D eigenvalue weighted by molar-refractivity contribution is 0.0976. The summed E-state index contributed by atoms with van der Waals surface area (Å²) in [5, 5.41) is 2.34. The molecule has 0 radical (unpaired) electrons. The summed E-state index contributed by atoms with van der Waals surface area (Å²) in [6.07, 6.45) is 1.13. The first-order valence-electron chi connectivity index (χ1n) is 11.4. The molecule has 0 bridgehead atoms. The number of hydrogen-bond donors (Lipinski definition) is 2. The van der Waals surface area contributed by atoms with Crippen molar-refractivity contribution in [3.63, 3.8) is 0 Å². The van der Waals surface area contributed by atoms with Crippen molar-refractivity contribution in [2.45, 2.75) is 13.0 Å². The van der Waals surface area contributed by atoms with Crippen LogP contribution in [0.5, 0.6) is 0 Å². The van der Waals surface area contributed by atoms with Crippen molar-refractivity contribution in [3.8, 4) is 0 Å². The third kappa shape index (κ3) is 5.87. The van der Waals surface area contributed by atoms with Crippen LogP contribution in [-0.2, 0) is 6.54 Å². The molecular formula is C24H29F2N5O4. The zero-order chi connectivity index (χ0) is 25.1. The molecule has 4 rings (SSSR count). The second kappa shape index (κ2) is 10.5. The van der Waals surface area contributed by atoms with Crippen molar-refractivity contribution in [1.29, 1.82) is 0 Å². The van der Waals surface area contributed by atoms with Crippen LogP contribution < -0.4 is 11.1 Å². The molecule has 9 nitrogen and oxygen atoms in total. The third-order valence-corrected chi connectivity index (χ3v) is 5.98. The van der Waals surface area contributed by atoms with Crippen molar-refractivity contribution in [3.05, 3.63) is 53.2 Å². The number of amides is 2. The molecule has 3 heterocycles. The van der Waals surface area contributed by atoms with Gasteiger partial charge < -0.3 is 29.7 Å². The highest BCUT2D eigenvalue weighted by Crippen LogP contribution is 2.33. The molecule has 0 saturated carbocycles. The van der Waals surface area contributed by atoms with Gasteiger partial charge in [-0.15, -0.1) is 0 Å². The Labute approximate surface area is 201 Å². The molecule has 11 heteroatoms. The van der Waals surface area contributed by atoms with E-state index >= 15 is 0 Å². The van der Waals surface area contributed by atoms with E-state index in [0.717, 1.165) is 51.8 Å². The lowest BCUT2D eigenvalue weighted by Gasteiger charge is -2.34. The molecule has 0 spiro atoms. The van der Waals surface area contributed by atoms with Gasteiger partial charge in [0, 0.05) is 32.2 Å². The fourth-order valence-electron chi connectivity index (χ4n) is 4.18. The highest BCUT2D eigenvalue weighted by molar-refractivity contribution is 6.13. The van der Waals surface area contributed by atoms with Crippen molar-refractivity contribution in [2.75, 3.05) is 58.7 Å². The van der Waals surface area contributed by atoms with Gasteiger partial charge in [-0.05, 0) is 51.8 Å². The van der Waals surface area contributed by atoms with Crippen LogP contribution in [0.15, 0.2) is 33.1 Å². The van der Waals surface area contributed by atoms with Gasteiger partial charge in [-0.3, -0.25) is 14.5 Å². The molecule has 1 aliphatic rings. The average Bonchev–Trinajstić information content (AvgIpc) is 3.40. The fourth-order valence-corrected chi connectivity index (χ4v) is 4.18. The molecule has 0 unspecified atom stereocenters. The smallest absolute Gasteiger partial charge is 0.291 e. The maximum absolute atomic E-state index is 14.1. The number of carbonyl (C=O) groups excluding carboxylic acids is 2. The minimum absolute atomic E-state index is 0.0102. The van der Waals surface area contributed by atoms with Crippen LogP contribution in [0.25, 0.3) is 11.0 Å². The molecule has 1 aliphatic heterocycles. The van der Waals surface area contributed by atoms with Crippen molar-refractivity contribution in [2.24, 2.45) is 5.73 Å². The lowest BCUT2D eigenvalue weighted by atomic mass is 10.2. The maximum Gasteiger partial charge on any atom is 0.291 e. The number of carbonyl (C=O) groups is 2. The summed E-state index contributed by atoms with van der Waals surface area (Å²) in [7, 11) is 4.15. The van der Waals surface area contributed by atoms with E-state index in [4.69, 9.17) is 14.6 Å². The van der Waals surface area contributed by atoms with E-state index in [1.165, 1.54) is 6.07 Å². The summed E-state index contributed by atoms with van der Waals surface area (Å²) in [6, 6.07) is 4.79. The first-order chi connectivity index (χ1) is 16.7. The van der Waals surface area contributed by atoms with Gasteiger partial charge >= 0.3 is 0 Å². The van der Waals surface area contributed by atoms with Crippen molar-refractivity contribution in [1.82, 2.24) is 14.7 Å². The van der Waals surface area contributed by atoms with Gasteiger partial charge in [0.25, 0.3) is 11.8 Å². The summed E-state index contributed by atoms with van der Waals surface area (Å²) in [5.41, 5.74) is 4.72. The maximum atomic E-state index is 14.1. The summed E-state index contributed by atoms with van der Waals surface area (Å²) in [5.74, 6) is -3.51. The van der Waals surface area contributed by atoms with E-state index < -0.39 is 29.2 Å². The Morgan fingerprint density at radius 1 is 1.09 bits per heavy atom. The van der Waals surface area contributed by atoms with Crippen LogP contribution in [0.1, 0.15) is 33.3 Å². The summed E-state index contributed by atoms with van der Waals surface area (Å²) in [6.45, 7) is 6.42. The van der Waals surface area contributed by atoms with E-state index in [1.54, 1.807) is 6.07 Å².